The monoisotopic (exact) mass is 205 g/mol. The molecule has 16 heavy (non-hydrogen) atoms. The van der Waals surface area contributed by atoms with Crippen molar-refractivity contribution in [3.8, 4) is 23.3 Å². The lowest BCUT2D eigenvalue weighted by Crippen LogP contribution is -1.84. The summed E-state index contributed by atoms with van der Waals surface area (Å²) >= 11 is 0. The second kappa shape index (κ2) is 4.25. The average molecular weight is 205 g/mol. The van der Waals surface area contributed by atoms with Crippen LogP contribution in [0.15, 0.2) is 42.7 Å². The summed E-state index contributed by atoms with van der Waals surface area (Å²) < 4.78 is 0. The molecule has 0 spiro atoms. The fourth-order valence-electron chi connectivity index (χ4n) is 1.47. The quantitative estimate of drug-likeness (QED) is 0.718. The highest BCUT2D eigenvalue weighted by atomic mass is 14.6. The molecule has 0 saturated carbocycles. The lowest BCUT2D eigenvalue weighted by Gasteiger charge is -2.02. The maximum atomic E-state index is 8.86. The van der Waals surface area contributed by atoms with Gasteiger partial charge in [0.05, 0.1) is 23.3 Å². The lowest BCUT2D eigenvalue weighted by molar-refractivity contribution is 1.33. The van der Waals surface area contributed by atoms with Crippen molar-refractivity contribution in [2.45, 2.75) is 0 Å². The molecule has 0 bridgehead atoms. The Kier molecular flexibility index (Phi) is 2.63. The van der Waals surface area contributed by atoms with Gasteiger partial charge in [0.25, 0.3) is 0 Å². The zero-order chi connectivity index (χ0) is 11.4. The van der Waals surface area contributed by atoms with Gasteiger partial charge in [0, 0.05) is 12.4 Å². The molecule has 74 valence electrons. The van der Waals surface area contributed by atoms with Crippen molar-refractivity contribution < 1.29 is 0 Å². The van der Waals surface area contributed by atoms with Gasteiger partial charge in [-0.15, -0.1) is 0 Å². The van der Waals surface area contributed by atoms with Crippen LogP contribution in [0.1, 0.15) is 11.1 Å². The molecule has 3 heteroatoms. The number of aromatic nitrogens is 1. The van der Waals surface area contributed by atoms with Crippen LogP contribution < -0.4 is 0 Å². The van der Waals surface area contributed by atoms with Crippen molar-refractivity contribution in [1.29, 1.82) is 10.5 Å². The van der Waals surface area contributed by atoms with Crippen molar-refractivity contribution in [3.05, 3.63) is 53.9 Å². The second-order valence-corrected chi connectivity index (χ2v) is 3.26. The molecule has 0 fully saturated rings. The molecule has 0 aliphatic carbocycles. The van der Waals surface area contributed by atoms with Gasteiger partial charge >= 0.3 is 0 Å². The Hall–Kier alpha value is -2.65. The molecule has 0 saturated heterocycles. The van der Waals surface area contributed by atoms with Gasteiger partial charge in [-0.3, -0.25) is 4.98 Å². The number of hydrogen-bond donors (Lipinski definition) is 0. The van der Waals surface area contributed by atoms with Crippen LogP contribution in [0.25, 0.3) is 11.1 Å². The summed E-state index contributed by atoms with van der Waals surface area (Å²) in [6, 6.07) is 12.9. The number of benzene rings is 1. The maximum Gasteiger partial charge on any atom is 0.0992 e. The van der Waals surface area contributed by atoms with E-state index in [0.717, 1.165) is 11.1 Å². The van der Waals surface area contributed by atoms with Crippen molar-refractivity contribution in [2.24, 2.45) is 0 Å². The van der Waals surface area contributed by atoms with E-state index in [1.807, 2.05) is 24.3 Å². The Bertz CT molecular complexity index is 557. The Morgan fingerprint density at radius 3 is 1.88 bits per heavy atom. The lowest BCUT2D eigenvalue weighted by atomic mass is 10.0. The molecular formula is C13H7N3. The first-order valence-corrected chi connectivity index (χ1v) is 4.69. The summed E-state index contributed by atoms with van der Waals surface area (Å²) in [6.07, 6.45) is 3.36. The molecule has 0 N–H and O–H groups in total. The predicted octanol–water partition coefficient (Wildman–Crippen LogP) is 2.49. The molecule has 0 radical (unpaired) electrons. The van der Waals surface area contributed by atoms with E-state index in [-0.39, 0.29) is 0 Å². The van der Waals surface area contributed by atoms with Gasteiger partial charge in [-0.25, -0.2) is 0 Å². The van der Waals surface area contributed by atoms with Crippen LogP contribution in [-0.4, -0.2) is 4.98 Å². The Labute approximate surface area is 93.2 Å². The van der Waals surface area contributed by atoms with Crippen LogP contribution in [0, 0.1) is 22.7 Å². The number of rotatable bonds is 1. The Balaban J connectivity index is 2.59. The van der Waals surface area contributed by atoms with E-state index in [4.69, 9.17) is 10.5 Å². The molecular weight excluding hydrogens is 198 g/mol. The van der Waals surface area contributed by atoms with Crippen LogP contribution >= 0.6 is 0 Å². The Morgan fingerprint density at radius 2 is 1.38 bits per heavy atom. The highest BCUT2D eigenvalue weighted by molar-refractivity contribution is 5.66. The standard InChI is InChI=1S/C13H7N3/c14-8-10-5-11(9-15)7-13(6-10)12-1-3-16-4-2-12/h1-7H. The van der Waals surface area contributed by atoms with E-state index < -0.39 is 0 Å². The minimum atomic E-state index is 0.492. The van der Waals surface area contributed by atoms with Crippen molar-refractivity contribution in [2.75, 3.05) is 0 Å². The summed E-state index contributed by atoms with van der Waals surface area (Å²) in [6.45, 7) is 0. The van der Waals surface area contributed by atoms with Crippen LogP contribution in [0.2, 0.25) is 0 Å². The van der Waals surface area contributed by atoms with E-state index in [1.165, 1.54) is 0 Å². The normalized spacial score (nSPS) is 9.12. The van der Waals surface area contributed by atoms with E-state index in [9.17, 15) is 0 Å². The molecule has 3 nitrogen and oxygen atoms in total. The smallest absolute Gasteiger partial charge is 0.0992 e. The van der Waals surface area contributed by atoms with Gasteiger partial charge in [0.2, 0.25) is 0 Å². The van der Waals surface area contributed by atoms with Gasteiger partial charge in [-0.2, -0.15) is 10.5 Å². The molecule has 0 atom stereocenters. The van der Waals surface area contributed by atoms with Crippen LogP contribution in [0.5, 0.6) is 0 Å². The minimum absolute atomic E-state index is 0.492. The fourth-order valence-corrected chi connectivity index (χ4v) is 1.47. The van der Waals surface area contributed by atoms with Gasteiger partial charge in [0.1, 0.15) is 0 Å². The first-order valence-electron chi connectivity index (χ1n) is 4.69. The van der Waals surface area contributed by atoms with Gasteiger partial charge in [0.15, 0.2) is 0 Å². The van der Waals surface area contributed by atoms with Crippen LogP contribution in [-0.2, 0) is 0 Å². The zero-order valence-electron chi connectivity index (χ0n) is 8.38. The van der Waals surface area contributed by atoms with Crippen molar-refractivity contribution in [3.63, 3.8) is 0 Å². The third kappa shape index (κ3) is 1.89. The summed E-state index contributed by atoms with van der Waals surface area (Å²) in [5.41, 5.74) is 2.79. The number of pyridine rings is 1. The van der Waals surface area contributed by atoms with Crippen molar-refractivity contribution in [1.82, 2.24) is 4.98 Å². The highest BCUT2D eigenvalue weighted by Gasteiger charge is 2.02. The zero-order valence-corrected chi connectivity index (χ0v) is 8.38. The molecule has 0 aliphatic heterocycles. The Morgan fingerprint density at radius 1 is 0.812 bits per heavy atom. The van der Waals surface area contributed by atoms with E-state index >= 15 is 0 Å². The van der Waals surface area contributed by atoms with Gasteiger partial charge < -0.3 is 0 Å². The molecule has 1 heterocycles. The SMILES string of the molecule is N#Cc1cc(C#N)cc(-c2ccncc2)c1. The summed E-state index contributed by atoms with van der Waals surface area (Å²) in [5, 5.41) is 17.7. The molecule has 0 amide bonds. The maximum absolute atomic E-state index is 8.86. The summed E-state index contributed by atoms with van der Waals surface area (Å²) in [7, 11) is 0. The number of hydrogen-bond acceptors (Lipinski definition) is 3. The number of nitrogens with zero attached hydrogens (tertiary/aromatic N) is 3. The third-order valence-electron chi connectivity index (χ3n) is 2.20. The predicted molar refractivity (Wildman–Crippen MR) is 59.1 cm³/mol. The number of nitriles is 2. The second-order valence-electron chi connectivity index (χ2n) is 3.26. The molecule has 0 unspecified atom stereocenters. The van der Waals surface area contributed by atoms with E-state index in [2.05, 4.69) is 4.98 Å². The van der Waals surface area contributed by atoms with E-state index in [0.29, 0.717) is 11.1 Å². The van der Waals surface area contributed by atoms with Crippen LogP contribution in [0.3, 0.4) is 0 Å². The molecule has 0 aliphatic rings. The van der Waals surface area contributed by atoms with Crippen molar-refractivity contribution >= 4 is 0 Å². The van der Waals surface area contributed by atoms with E-state index in [1.54, 1.807) is 30.6 Å². The molecule has 2 rings (SSSR count). The molecule has 2 aromatic rings. The fraction of sp³-hybridized carbons (Fsp3) is 0. The highest BCUT2D eigenvalue weighted by Crippen LogP contribution is 2.21. The molecule has 1 aromatic heterocycles. The largest absolute Gasteiger partial charge is 0.265 e. The molecule has 1 aromatic carbocycles. The van der Waals surface area contributed by atoms with Crippen LogP contribution in [0.4, 0.5) is 0 Å². The van der Waals surface area contributed by atoms with Gasteiger partial charge in [-0.05, 0) is 41.5 Å². The first-order chi connectivity index (χ1) is 7.83. The van der Waals surface area contributed by atoms with Gasteiger partial charge in [-0.1, -0.05) is 0 Å². The minimum Gasteiger partial charge on any atom is -0.265 e. The third-order valence-corrected chi connectivity index (χ3v) is 2.20. The summed E-state index contributed by atoms with van der Waals surface area (Å²) in [4.78, 5) is 3.93. The first kappa shape index (κ1) is 9.89. The topological polar surface area (TPSA) is 60.5 Å². The summed E-state index contributed by atoms with van der Waals surface area (Å²) in [5.74, 6) is 0. The average Bonchev–Trinajstić information content (AvgIpc) is 2.39.